The molecule has 0 aromatic carbocycles. The third-order valence-corrected chi connectivity index (χ3v) is 5.16. The van der Waals surface area contributed by atoms with Crippen LogP contribution in [0.5, 0.6) is 0 Å². The molecular weight excluding hydrogens is 298 g/mol. The fraction of sp³-hybridized carbons (Fsp3) is 0.562. The second-order valence-electron chi connectivity index (χ2n) is 6.06. The summed E-state index contributed by atoms with van der Waals surface area (Å²) in [7, 11) is 0. The molecule has 118 valence electrons. The lowest BCUT2D eigenvalue weighted by Gasteiger charge is -2.35. The molecule has 0 bridgehead atoms. The van der Waals surface area contributed by atoms with Gasteiger partial charge in [0, 0.05) is 24.2 Å². The summed E-state index contributed by atoms with van der Waals surface area (Å²) in [6.07, 6.45) is 0.150. The highest BCUT2D eigenvalue weighted by Gasteiger charge is 2.29. The molecule has 0 N–H and O–H groups in total. The van der Waals surface area contributed by atoms with Crippen molar-refractivity contribution in [3.05, 3.63) is 22.0 Å². The van der Waals surface area contributed by atoms with Crippen molar-refractivity contribution in [2.24, 2.45) is 0 Å². The van der Waals surface area contributed by atoms with Crippen molar-refractivity contribution in [3.63, 3.8) is 0 Å². The Bertz CT molecular complexity index is 731. The zero-order valence-corrected chi connectivity index (χ0v) is 14.5. The number of aryl methyl sites for hydroxylation is 3. The van der Waals surface area contributed by atoms with E-state index in [-0.39, 0.29) is 18.1 Å². The van der Waals surface area contributed by atoms with Crippen LogP contribution >= 0.6 is 11.3 Å². The maximum atomic E-state index is 12.9. The fourth-order valence-electron chi connectivity index (χ4n) is 3.16. The van der Waals surface area contributed by atoms with Gasteiger partial charge in [-0.25, -0.2) is 9.97 Å². The first kappa shape index (κ1) is 15.4. The van der Waals surface area contributed by atoms with E-state index in [1.165, 1.54) is 11.3 Å². The van der Waals surface area contributed by atoms with Crippen LogP contribution < -0.4 is 0 Å². The van der Waals surface area contributed by atoms with E-state index in [2.05, 4.69) is 9.97 Å². The Balaban J connectivity index is 2.01. The van der Waals surface area contributed by atoms with Crippen LogP contribution in [0.3, 0.4) is 0 Å². The number of morpholine rings is 1. The smallest absolute Gasteiger partial charge is 0.264 e. The zero-order valence-electron chi connectivity index (χ0n) is 13.6. The topological polar surface area (TPSA) is 55.3 Å². The average molecular weight is 319 g/mol. The average Bonchev–Trinajstić information content (AvgIpc) is 2.73. The van der Waals surface area contributed by atoms with Crippen molar-refractivity contribution in [1.82, 2.24) is 14.9 Å². The van der Waals surface area contributed by atoms with E-state index in [1.807, 2.05) is 39.5 Å². The van der Waals surface area contributed by atoms with Gasteiger partial charge in [-0.05, 0) is 40.2 Å². The number of rotatable bonds is 1. The van der Waals surface area contributed by atoms with Crippen molar-refractivity contribution in [3.8, 4) is 0 Å². The summed E-state index contributed by atoms with van der Waals surface area (Å²) in [5, 5.41) is 1.02. The van der Waals surface area contributed by atoms with Crippen LogP contribution in [0.1, 0.15) is 40.6 Å². The van der Waals surface area contributed by atoms with Crippen LogP contribution in [0.15, 0.2) is 0 Å². The fourth-order valence-corrected chi connectivity index (χ4v) is 4.41. The van der Waals surface area contributed by atoms with Crippen LogP contribution in [0.25, 0.3) is 10.2 Å². The summed E-state index contributed by atoms with van der Waals surface area (Å²) in [4.78, 5) is 25.4. The molecule has 5 nitrogen and oxygen atoms in total. The lowest BCUT2D eigenvalue weighted by molar-refractivity contribution is -0.0585. The van der Waals surface area contributed by atoms with E-state index in [0.717, 1.165) is 32.2 Å². The molecule has 0 aliphatic carbocycles. The molecule has 6 heteroatoms. The largest absolute Gasteiger partial charge is 0.372 e. The SMILES string of the molecule is Cc1nc(C)c2c(C)c(C(=O)N3C[C@@H](C)O[C@H](C)C3)sc2n1. The van der Waals surface area contributed by atoms with Crippen LogP contribution in [0.2, 0.25) is 0 Å². The first-order chi connectivity index (χ1) is 10.4. The molecule has 1 amide bonds. The first-order valence-electron chi connectivity index (χ1n) is 7.56. The predicted octanol–water partition coefficient (Wildman–Crippen LogP) is 2.87. The molecular formula is C16H21N3O2S. The molecule has 1 saturated heterocycles. The maximum absolute atomic E-state index is 12.9. The van der Waals surface area contributed by atoms with E-state index in [1.54, 1.807) is 0 Å². The van der Waals surface area contributed by atoms with E-state index < -0.39 is 0 Å². The summed E-state index contributed by atoms with van der Waals surface area (Å²) in [6.45, 7) is 11.1. The van der Waals surface area contributed by atoms with Gasteiger partial charge in [-0.2, -0.15) is 0 Å². The molecule has 2 atom stereocenters. The van der Waals surface area contributed by atoms with Gasteiger partial charge in [-0.15, -0.1) is 11.3 Å². The number of thiophene rings is 1. The number of hydrogen-bond acceptors (Lipinski definition) is 5. The first-order valence-corrected chi connectivity index (χ1v) is 8.37. The van der Waals surface area contributed by atoms with E-state index in [0.29, 0.717) is 13.1 Å². The molecule has 0 unspecified atom stereocenters. The van der Waals surface area contributed by atoms with E-state index >= 15 is 0 Å². The number of aromatic nitrogens is 2. The van der Waals surface area contributed by atoms with Crippen molar-refractivity contribution < 1.29 is 9.53 Å². The van der Waals surface area contributed by atoms with Gasteiger partial charge in [-0.1, -0.05) is 0 Å². The molecule has 0 saturated carbocycles. The molecule has 1 aliphatic heterocycles. The van der Waals surface area contributed by atoms with Crippen molar-refractivity contribution >= 4 is 27.5 Å². The number of amides is 1. The molecule has 1 aliphatic rings. The summed E-state index contributed by atoms with van der Waals surface area (Å²) in [5.41, 5.74) is 1.94. The molecule has 2 aromatic heterocycles. The van der Waals surface area contributed by atoms with Gasteiger partial charge in [0.05, 0.1) is 17.1 Å². The van der Waals surface area contributed by atoms with Gasteiger partial charge >= 0.3 is 0 Å². The lowest BCUT2D eigenvalue weighted by atomic mass is 10.1. The van der Waals surface area contributed by atoms with Gasteiger partial charge in [0.15, 0.2) is 0 Å². The molecule has 3 rings (SSSR count). The third-order valence-electron chi connectivity index (χ3n) is 3.98. The molecule has 0 radical (unpaired) electrons. The number of ether oxygens (including phenoxy) is 1. The number of carbonyl (C=O) groups excluding carboxylic acids is 1. The summed E-state index contributed by atoms with van der Waals surface area (Å²) < 4.78 is 5.71. The number of fused-ring (bicyclic) bond motifs is 1. The maximum Gasteiger partial charge on any atom is 0.264 e. The zero-order chi connectivity index (χ0) is 16.0. The van der Waals surface area contributed by atoms with Gasteiger partial charge in [0.2, 0.25) is 0 Å². The second-order valence-corrected chi connectivity index (χ2v) is 7.06. The van der Waals surface area contributed by atoms with Crippen molar-refractivity contribution in [2.45, 2.75) is 46.8 Å². The Morgan fingerprint density at radius 1 is 1.18 bits per heavy atom. The minimum atomic E-state index is 0.0751. The number of nitrogens with zero attached hydrogens (tertiary/aromatic N) is 3. The quantitative estimate of drug-likeness (QED) is 0.811. The minimum absolute atomic E-state index is 0.0751. The number of carbonyl (C=O) groups is 1. The summed E-state index contributed by atoms with van der Waals surface area (Å²) >= 11 is 1.47. The second kappa shape index (κ2) is 5.59. The van der Waals surface area contributed by atoms with E-state index in [4.69, 9.17) is 4.74 Å². The van der Waals surface area contributed by atoms with Gasteiger partial charge < -0.3 is 9.64 Å². The Morgan fingerprint density at radius 3 is 2.45 bits per heavy atom. The monoisotopic (exact) mass is 319 g/mol. The Morgan fingerprint density at radius 2 is 1.82 bits per heavy atom. The van der Waals surface area contributed by atoms with Crippen LogP contribution in [-0.2, 0) is 4.74 Å². The molecule has 3 heterocycles. The van der Waals surface area contributed by atoms with Crippen LogP contribution in [-0.4, -0.2) is 46.1 Å². The Labute approximate surface area is 134 Å². The highest BCUT2D eigenvalue weighted by molar-refractivity contribution is 7.20. The lowest BCUT2D eigenvalue weighted by Crippen LogP contribution is -2.48. The highest BCUT2D eigenvalue weighted by Crippen LogP contribution is 2.32. The van der Waals surface area contributed by atoms with Gasteiger partial charge in [0.1, 0.15) is 10.7 Å². The normalized spacial score (nSPS) is 22.3. The van der Waals surface area contributed by atoms with Gasteiger partial charge in [0.25, 0.3) is 5.91 Å². The Kier molecular flexibility index (Phi) is 3.91. The van der Waals surface area contributed by atoms with Gasteiger partial charge in [-0.3, -0.25) is 4.79 Å². The van der Waals surface area contributed by atoms with E-state index in [9.17, 15) is 4.79 Å². The molecule has 2 aromatic rings. The Hall–Kier alpha value is -1.53. The predicted molar refractivity (Wildman–Crippen MR) is 87.5 cm³/mol. The minimum Gasteiger partial charge on any atom is -0.372 e. The molecule has 22 heavy (non-hydrogen) atoms. The molecule has 1 fully saturated rings. The number of hydrogen-bond donors (Lipinski definition) is 0. The van der Waals surface area contributed by atoms with Crippen LogP contribution in [0, 0.1) is 20.8 Å². The van der Waals surface area contributed by atoms with Crippen molar-refractivity contribution in [1.29, 1.82) is 0 Å². The third kappa shape index (κ3) is 2.61. The van der Waals surface area contributed by atoms with Crippen LogP contribution in [0.4, 0.5) is 0 Å². The summed E-state index contributed by atoms with van der Waals surface area (Å²) in [5.74, 6) is 0.832. The molecule has 0 spiro atoms. The highest BCUT2D eigenvalue weighted by atomic mass is 32.1. The summed E-state index contributed by atoms with van der Waals surface area (Å²) in [6, 6.07) is 0. The van der Waals surface area contributed by atoms with Crippen molar-refractivity contribution in [2.75, 3.05) is 13.1 Å². The standard InChI is InChI=1S/C16H21N3O2S/c1-8-6-19(7-9(2)21-8)16(20)14-10(3)13-11(4)17-12(5)18-15(13)22-14/h8-9H,6-7H2,1-5H3/t8-,9-/m1/s1.